The van der Waals surface area contributed by atoms with Crippen LogP contribution in [0.15, 0.2) is 0 Å². The molecule has 114 valence electrons. The Morgan fingerprint density at radius 2 is 2.00 bits per heavy atom. The van der Waals surface area contributed by atoms with E-state index in [4.69, 9.17) is 4.74 Å². The number of nitrogens with one attached hydrogen (secondary N) is 1. The van der Waals surface area contributed by atoms with Crippen LogP contribution in [0.4, 0.5) is 0 Å². The summed E-state index contributed by atoms with van der Waals surface area (Å²) in [6.07, 6.45) is 7.02. The molecule has 3 rings (SSSR count). The lowest BCUT2D eigenvalue weighted by Gasteiger charge is -2.36. The molecule has 0 radical (unpaired) electrons. The second-order valence-corrected chi connectivity index (χ2v) is 6.78. The third-order valence-corrected chi connectivity index (χ3v) is 5.21. The molecule has 3 fully saturated rings. The normalized spacial score (nSPS) is 32.5. The molecule has 3 heterocycles. The van der Waals surface area contributed by atoms with Crippen molar-refractivity contribution in [3.8, 4) is 0 Å². The number of carbonyl (C=O) groups is 1. The van der Waals surface area contributed by atoms with E-state index < -0.39 is 0 Å². The fraction of sp³-hybridized carbons (Fsp3) is 0.938. The Bertz CT molecular complexity index is 322. The first-order valence-corrected chi connectivity index (χ1v) is 8.40. The lowest BCUT2D eigenvalue weighted by molar-refractivity contribution is -0.138. The number of nitrogens with zero attached hydrogens (tertiary/aromatic N) is 1. The number of piperidine rings is 2. The Labute approximate surface area is 122 Å². The van der Waals surface area contributed by atoms with Gasteiger partial charge in [0.25, 0.3) is 0 Å². The second kappa shape index (κ2) is 6.90. The first-order valence-electron chi connectivity index (χ1n) is 8.40. The molecule has 2 atom stereocenters. The van der Waals surface area contributed by atoms with Gasteiger partial charge in [-0.1, -0.05) is 0 Å². The van der Waals surface area contributed by atoms with Crippen LogP contribution in [0.5, 0.6) is 0 Å². The van der Waals surface area contributed by atoms with Crippen LogP contribution in [-0.2, 0) is 9.53 Å². The van der Waals surface area contributed by atoms with Crippen LogP contribution in [0.2, 0.25) is 0 Å². The number of hydrogen-bond donors (Lipinski definition) is 1. The van der Waals surface area contributed by atoms with Crippen molar-refractivity contribution < 1.29 is 9.53 Å². The molecule has 4 nitrogen and oxygen atoms in total. The van der Waals surface area contributed by atoms with Crippen LogP contribution in [0.1, 0.15) is 38.5 Å². The SMILES string of the molecule is O=C(C1CCNCC1)N1CCCC(CC2CCOC2)C1. The quantitative estimate of drug-likeness (QED) is 0.855. The average Bonchev–Trinajstić information content (AvgIpc) is 3.01. The van der Waals surface area contributed by atoms with E-state index in [0.717, 1.165) is 58.2 Å². The Kier molecular flexibility index (Phi) is 4.94. The zero-order valence-corrected chi connectivity index (χ0v) is 12.5. The molecular weight excluding hydrogens is 252 g/mol. The molecule has 0 bridgehead atoms. The number of hydrogen-bond acceptors (Lipinski definition) is 3. The van der Waals surface area contributed by atoms with Crippen molar-refractivity contribution >= 4 is 5.91 Å². The molecule has 0 aliphatic carbocycles. The number of likely N-dealkylation sites (tertiary alicyclic amines) is 1. The molecule has 1 N–H and O–H groups in total. The molecule has 0 aromatic carbocycles. The van der Waals surface area contributed by atoms with Gasteiger partial charge < -0.3 is 15.0 Å². The van der Waals surface area contributed by atoms with Crippen LogP contribution in [-0.4, -0.2) is 50.2 Å². The maximum absolute atomic E-state index is 12.6. The lowest BCUT2D eigenvalue weighted by Crippen LogP contribution is -2.45. The van der Waals surface area contributed by atoms with E-state index in [1.807, 2.05) is 0 Å². The summed E-state index contributed by atoms with van der Waals surface area (Å²) in [5.41, 5.74) is 0. The summed E-state index contributed by atoms with van der Waals surface area (Å²) in [4.78, 5) is 14.8. The summed E-state index contributed by atoms with van der Waals surface area (Å²) in [5, 5.41) is 3.34. The highest BCUT2D eigenvalue weighted by atomic mass is 16.5. The monoisotopic (exact) mass is 280 g/mol. The molecule has 0 saturated carbocycles. The van der Waals surface area contributed by atoms with Gasteiger partial charge in [0.15, 0.2) is 0 Å². The molecule has 2 unspecified atom stereocenters. The summed E-state index contributed by atoms with van der Waals surface area (Å²) in [7, 11) is 0. The van der Waals surface area contributed by atoms with E-state index in [1.165, 1.54) is 25.7 Å². The first kappa shape index (κ1) is 14.3. The minimum atomic E-state index is 0.282. The van der Waals surface area contributed by atoms with Crippen LogP contribution < -0.4 is 5.32 Å². The molecule has 0 aromatic rings. The van der Waals surface area contributed by atoms with Crippen molar-refractivity contribution in [1.29, 1.82) is 0 Å². The summed E-state index contributed by atoms with van der Waals surface area (Å²) >= 11 is 0. The molecule has 1 amide bonds. The van der Waals surface area contributed by atoms with Crippen molar-refractivity contribution in [3.63, 3.8) is 0 Å². The minimum absolute atomic E-state index is 0.282. The third-order valence-electron chi connectivity index (χ3n) is 5.21. The van der Waals surface area contributed by atoms with Crippen LogP contribution >= 0.6 is 0 Å². The zero-order chi connectivity index (χ0) is 13.8. The minimum Gasteiger partial charge on any atom is -0.381 e. The third kappa shape index (κ3) is 3.53. The van der Waals surface area contributed by atoms with E-state index in [1.54, 1.807) is 0 Å². The molecule has 3 aliphatic heterocycles. The summed E-state index contributed by atoms with van der Waals surface area (Å²) in [5.74, 6) is 2.17. The molecule has 0 aromatic heterocycles. The molecule has 3 aliphatic rings. The van der Waals surface area contributed by atoms with Gasteiger partial charge in [-0.05, 0) is 63.5 Å². The highest BCUT2D eigenvalue weighted by Gasteiger charge is 2.31. The summed E-state index contributed by atoms with van der Waals surface area (Å²) in [6.45, 7) is 5.88. The lowest BCUT2D eigenvalue weighted by atomic mass is 9.87. The predicted molar refractivity (Wildman–Crippen MR) is 78.4 cm³/mol. The van der Waals surface area contributed by atoms with Gasteiger partial charge in [-0.15, -0.1) is 0 Å². The van der Waals surface area contributed by atoms with Gasteiger partial charge in [-0.3, -0.25) is 4.79 Å². The predicted octanol–water partition coefficient (Wildman–Crippen LogP) is 1.65. The maximum atomic E-state index is 12.6. The van der Waals surface area contributed by atoms with Gasteiger partial charge in [-0.2, -0.15) is 0 Å². The van der Waals surface area contributed by atoms with Crippen molar-refractivity contribution in [3.05, 3.63) is 0 Å². The van der Waals surface area contributed by atoms with Gasteiger partial charge in [0.05, 0.1) is 0 Å². The summed E-state index contributed by atoms with van der Waals surface area (Å²) < 4.78 is 5.48. The van der Waals surface area contributed by atoms with E-state index in [2.05, 4.69) is 10.2 Å². The summed E-state index contributed by atoms with van der Waals surface area (Å²) in [6, 6.07) is 0. The van der Waals surface area contributed by atoms with Crippen molar-refractivity contribution in [2.45, 2.75) is 38.5 Å². The Balaban J connectivity index is 1.50. The molecule has 4 heteroatoms. The number of ether oxygens (including phenoxy) is 1. The highest BCUT2D eigenvalue weighted by Crippen LogP contribution is 2.28. The van der Waals surface area contributed by atoms with E-state index >= 15 is 0 Å². The molecule has 3 saturated heterocycles. The van der Waals surface area contributed by atoms with Crippen molar-refractivity contribution in [2.75, 3.05) is 39.4 Å². The van der Waals surface area contributed by atoms with Crippen LogP contribution in [0, 0.1) is 17.8 Å². The number of rotatable bonds is 3. The van der Waals surface area contributed by atoms with Crippen LogP contribution in [0.25, 0.3) is 0 Å². The van der Waals surface area contributed by atoms with E-state index in [-0.39, 0.29) is 5.92 Å². The molecular formula is C16H28N2O2. The van der Waals surface area contributed by atoms with Gasteiger partial charge in [-0.25, -0.2) is 0 Å². The Morgan fingerprint density at radius 1 is 1.15 bits per heavy atom. The van der Waals surface area contributed by atoms with Gasteiger partial charge >= 0.3 is 0 Å². The van der Waals surface area contributed by atoms with Crippen molar-refractivity contribution in [2.24, 2.45) is 17.8 Å². The number of amides is 1. The Hall–Kier alpha value is -0.610. The topological polar surface area (TPSA) is 41.6 Å². The fourth-order valence-corrected chi connectivity index (χ4v) is 4.03. The largest absolute Gasteiger partial charge is 0.381 e. The van der Waals surface area contributed by atoms with E-state index in [0.29, 0.717) is 11.8 Å². The van der Waals surface area contributed by atoms with Gasteiger partial charge in [0.1, 0.15) is 0 Å². The van der Waals surface area contributed by atoms with Crippen molar-refractivity contribution in [1.82, 2.24) is 10.2 Å². The smallest absolute Gasteiger partial charge is 0.225 e. The molecule has 20 heavy (non-hydrogen) atoms. The number of carbonyl (C=O) groups excluding carboxylic acids is 1. The average molecular weight is 280 g/mol. The van der Waals surface area contributed by atoms with Gasteiger partial charge in [0.2, 0.25) is 5.91 Å². The zero-order valence-electron chi connectivity index (χ0n) is 12.5. The first-order chi connectivity index (χ1) is 9.83. The van der Waals surface area contributed by atoms with Gasteiger partial charge in [0, 0.05) is 32.2 Å². The Morgan fingerprint density at radius 3 is 2.75 bits per heavy atom. The standard InChI is InChI=1S/C16H28N2O2/c19-16(15-3-6-17-7-4-15)18-8-1-2-13(11-18)10-14-5-9-20-12-14/h13-15,17H,1-12H2. The highest BCUT2D eigenvalue weighted by molar-refractivity contribution is 5.79. The molecule has 0 spiro atoms. The van der Waals surface area contributed by atoms with E-state index in [9.17, 15) is 4.79 Å². The fourth-order valence-electron chi connectivity index (χ4n) is 4.03. The maximum Gasteiger partial charge on any atom is 0.225 e. The second-order valence-electron chi connectivity index (χ2n) is 6.78. The van der Waals surface area contributed by atoms with Crippen LogP contribution in [0.3, 0.4) is 0 Å².